The van der Waals surface area contributed by atoms with Crippen molar-refractivity contribution in [2.24, 2.45) is 0 Å². The lowest BCUT2D eigenvalue weighted by Crippen LogP contribution is -2.28. The zero-order chi connectivity index (χ0) is 15.2. The van der Waals surface area contributed by atoms with E-state index in [0.29, 0.717) is 18.8 Å². The number of carbonyl (C=O) groups is 1. The van der Waals surface area contributed by atoms with E-state index in [9.17, 15) is 13.2 Å². The van der Waals surface area contributed by atoms with Gasteiger partial charge in [0.15, 0.2) is 0 Å². The summed E-state index contributed by atoms with van der Waals surface area (Å²) in [4.78, 5) is 12.9. The molecule has 0 radical (unpaired) electrons. The van der Waals surface area contributed by atoms with E-state index in [2.05, 4.69) is 9.50 Å². The number of amides is 1. The SMILES string of the molecule is CCN(CCOS(=O)(=O)O)c1cccc(NC(C)=O)c1. The van der Waals surface area contributed by atoms with Gasteiger partial charge in [-0.15, -0.1) is 0 Å². The first-order valence-electron chi connectivity index (χ1n) is 6.06. The summed E-state index contributed by atoms with van der Waals surface area (Å²) in [5.41, 5.74) is 1.47. The molecular formula is C12H18N2O5S. The largest absolute Gasteiger partial charge is 0.397 e. The second-order valence-electron chi connectivity index (χ2n) is 4.06. The number of hydrogen-bond donors (Lipinski definition) is 2. The molecule has 7 nitrogen and oxygen atoms in total. The first-order chi connectivity index (χ1) is 9.31. The van der Waals surface area contributed by atoms with E-state index in [4.69, 9.17) is 4.55 Å². The van der Waals surface area contributed by atoms with E-state index < -0.39 is 10.4 Å². The lowest BCUT2D eigenvalue weighted by molar-refractivity contribution is -0.114. The minimum absolute atomic E-state index is 0.156. The highest BCUT2D eigenvalue weighted by Crippen LogP contribution is 2.19. The van der Waals surface area contributed by atoms with Crippen LogP contribution in [0.1, 0.15) is 13.8 Å². The molecule has 2 N–H and O–H groups in total. The van der Waals surface area contributed by atoms with Crippen LogP contribution >= 0.6 is 0 Å². The van der Waals surface area contributed by atoms with Gasteiger partial charge in [0.25, 0.3) is 0 Å². The van der Waals surface area contributed by atoms with Crippen molar-refractivity contribution in [3.05, 3.63) is 24.3 Å². The number of rotatable bonds is 7. The Bertz CT molecular complexity index is 559. The maximum absolute atomic E-state index is 11.0. The molecule has 0 aliphatic carbocycles. The topological polar surface area (TPSA) is 95.9 Å². The molecule has 0 heterocycles. The number of nitrogens with zero attached hydrogens (tertiary/aromatic N) is 1. The fourth-order valence-electron chi connectivity index (χ4n) is 1.71. The molecule has 8 heteroatoms. The van der Waals surface area contributed by atoms with Crippen molar-refractivity contribution in [1.82, 2.24) is 0 Å². The van der Waals surface area contributed by atoms with Crippen LogP contribution in [0.4, 0.5) is 11.4 Å². The van der Waals surface area contributed by atoms with Crippen LogP contribution in [0.3, 0.4) is 0 Å². The molecule has 0 aromatic heterocycles. The Balaban J connectivity index is 2.71. The van der Waals surface area contributed by atoms with Gasteiger partial charge in [-0.25, -0.2) is 4.18 Å². The Morgan fingerprint density at radius 3 is 2.70 bits per heavy atom. The van der Waals surface area contributed by atoms with Crippen LogP contribution in [0.25, 0.3) is 0 Å². The lowest BCUT2D eigenvalue weighted by Gasteiger charge is -2.23. The third kappa shape index (κ3) is 6.00. The summed E-state index contributed by atoms with van der Waals surface area (Å²) in [6.07, 6.45) is 0. The second kappa shape index (κ2) is 7.22. The predicted octanol–water partition coefficient (Wildman–Crippen LogP) is 1.29. The molecule has 1 rings (SSSR count). The molecular weight excluding hydrogens is 284 g/mol. The monoisotopic (exact) mass is 302 g/mol. The van der Waals surface area contributed by atoms with Crippen molar-refractivity contribution in [2.45, 2.75) is 13.8 Å². The minimum Gasteiger partial charge on any atom is -0.369 e. The smallest absolute Gasteiger partial charge is 0.369 e. The van der Waals surface area contributed by atoms with Crippen LogP contribution in [0, 0.1) is 0 Å². The van der Waals surface area contributed by atoms with E-state index in [0.717, 1.165) is 5.69 Å². The van der Waals surface area contributed by atoms with Crippen molar-refractivity contribution in [1.29, 1.82) is 0 Å². The zero-order valence-corrected chi connectivity index (χ0v) is 12.2. The molecule has 1 aromatic rings. The van der Waals surface area contributed by atoms with E-state index in [1.165, 1.54) is 6.92 Å². The maximum Gasteiger partial charge on any atom is 0.397 e. The van der Waals surface area contributed by atoms with Gasteiger partial charge in [0, 0.05) is 31.4 Å². The van der Waals surface area contributed by atoms with Gasteiger partial charge < -0.3 is 10.2 Å². The van der Waals surface area contributed by atoms with Crippen LogP contribution in [0.5, 0.6) is 0 Å². The average Bonchev–Trinajstić information content (AvgIpc) is 2.33. The Morgan fingerprint density at radius 2 is 2.15 bits per heavy atom. The molecule has 0 aliphatic rings. The van der Waals surface area contributed by atoms with E-state index in [1.807, 2.05) is 17.9 Å². The lowest BCUT2D eigenvalue weighted by atomic mass is 10.2. The highest BCUT2D eigenvalue weighted by molar-refractivity contribution is 7.80. The van der Waals surface area contributed by atoms with Gasteiger partial charge in [-0.2, -0.15) is 8.42 Å². The molecule has 112 valence electrons. The fraction of sp³-hybridized carbons (Fsp3) is 0.417. The molecule has 1 amide bonds. The second-order valence-corrected chi connectivity index (χ2v) is 5.15. The van der Waals surface area contributed by atoms with Crippen LogP contribution < -0.4 is 10.2 Å². The van der Waals surface area contributed by atoms with Gasteiger partial charge in [-0.3, -0.25) is 9.35 Å². The molecule has 0 bridgehead atoms. The number of hydrogen-bond acceptors (Lipinski definition) is 5. The summed E-state index contributed by atoms with van der Waals surface area (Å²) < 4.78 is 33.8. The number of carbonyl (C=O) groups excluding carboxylic acids is 1. The zero-order valence-electron chi connectivity index (χ0n) is 11.4. The summed E-state index contributed by atoms with van der Waals surface area (Å²) in [5.74, 6) is -0.167. The van der Waals surface area contributed by atoms with Crippen LogP contribution in [-0.2, 0) is 19.4 Å². The summed E-state index contributed by atoms with van der Waals surface area (Å²) in [5, 5.41) is 2.67. The highest BCUT2D eigenvalue weighted by Gasteiger charge is 2.09. The van der Waals surface area contributed by atoms with Crippen molar-refractivity contribution in [2.75, 3.05) is 29.9 Å². The Labute approximate surface area is 118 Å². The highest BCUT2D eigenvalue weighted by atomic mass is 32.3. The Morgan fingerprint density at radius 1 is 1.45 bits per heavy atom. The molecule has 0 saturated heterocycles. The van der Waals surface area contributed by atoms with Gasteiger partial charge in [-0.05, 0) is 25.1 Å². The van der Waals surface area contributed by atoms with Crippen molar-refractivity contribution >= 4 is 27.7 Å². The standard InChI is InChI=1S/C12H18N2O5S/c1-3-14(7-8-19-20(16,17)18)12-6-4-5-11(9-12)13-10(2)15/h4-6,9H,3,7-8H2,1-2H3,(H,13,15)(H,16,17,18). The van der Waals surface area contributed by atoms with Gasteiger partial charge in [0.1, 0.15) is 0 Å². The first kappa shape index (κ1) is 16.4. The van der Waals surface area contributed by atoms with Gasteiger partial charge in [0.2, 0.25) is 5.91 Å². The summed E-state index contributed by atoms with van der Waals surface area (Å²) in [7, 11) is -4.42. The Hall–Kier alpha value is -1.64. The quantitative estimate of drug-likeness (QED) is 0.737. The summed E-state index contributed by atoms with van der Waals surface area (Å²) in [6.45, 7) is 4.08. The minimum atomic E-state index is -4.42. The van der Waals surface area contributed by atoms with Crippen molar-refractivity contribution in [3.63, 3.8) is 0 Å². The average molecular weight is 302 g/mol. The van der Waals surface area contributed by atoms with Crippen LogP contribution in [-0.4, -0.2) is 38.6 Å². The molecule has 1 aromatic carbocycles. The Kier molecular flexibility index (Phi) is 5.93. The first-order valence-corrected chi connectivity index (χ1v) is 7.43. The predicted molar refractivity (Wildman–Crippen MR) is 76.1 cm³/mol. The molecule has 0 saturated carbocycles. The number of nitrogens with one attached hydrogen (secondary N) is 1. The van der Waals surface area contributed by atoms with E-state index in [-0.39, 0.29) is 12.5 Å². The molecule has 0 aliphatic heterocycles. The van der Waals surface area contributed by atoms with Crippen molar-refractivity contribution < 1.29 is 21.9 Å². The molecule has 0 unspecified atom stereocenters. The van der Waals surface area contributed by atoms with Crippen molar-refractivity contribution in [3.8, 4) is 0 Å². The van der Waals surface area contributed by atoms with E-state index >= 15 is 0 Å². The van der Waals surface area contributed by atoms with Gasteiger partial charge in [0.05, 0.1) is 6.61 Å². The van der Waals surface area contributed by atoms with E-state index in [1.54, 1.807) is 18.2 Å². The number of likely N-dealkylation sites (N-methyl/N-ethyl adjacent to an activating group) is 1. The normalized spacial score (nSPS) is 11.2. The molecule has 0 spiro atoms. The fourth-order valence-corrected chi connectivity index (χ4v) is 1.99. The molecule has 0 fully saturated rings. The molecule has 20 heavy (non-hydrogen) atoms. The third-order valence-corrected chi connectivity index (χ3v) is 2.97. The van der Waals surface area contributed by atoms with Gasteiger partial charge in [-0.1, -0.05) is 6.07 Å². The third-order valence-electron chi connectivity index (χ3n) is 2.51. The van der Waals surface area contributed by atoms with Crippen LogP contribution in [0.2, 0.25) is 0 Å². The molecule has 0 atom stereocenters. The summed E-state index contributed by atoms with van der Waals surface area (Å²) >= 11 is 0. The summed E-state index contributed by atoms with van der Waals surface area (Å²) in [6, 6.07) is 7.15. The number of anilines is 2. The maximum atomic E-state index is 11.0. The number of benzene rings is 1. The van der Waals surface area contributed by atoms with Gasteiger partial charge >= 0.3 is 10.4 Å². The van der Waals surface area contributed by atoms with Crippen LogP contribution in [0.15, 0.2) is 24.3 Å².